The highest BCUT2D eigenvalue weighted by atomic mass is 35.5. The van der Waals surface area contributed by atoms with Gasteiger partial charge in [0.1, 0.15) is 5.02 Å². The van der Waals surface area contributed by atoms with Crippen LogP contribution in [0.15, 0.2) is 41.4 Å². The summed E-state index contributed by atoms with van der Waals surface area (Å²) in [4.78, 5) is 19.3. The van der Waals surface area contributed by atoms with E-state index in [1.54, 1.807) is 12.1 Å². The van der Waals surface area contributed by atoms with Gasteiger partial charge in [-0.15, -0.1) is 0 Å². The topological polar surface area (TPSA) is 88.6 Å². The van der Waals surface area contributed by atoms with Crippen molar-refractivity contribution < 1.29 is 31.1 Å². The van der Waals surface area contributed by atoms with Gasteiger partial charge in [0, 0.05) is 36.3 Å². The van der Waals surface area contributed by atoms with Crippen molar-refractivity contribution in [2.45, 2.75) is 74.3 Å². The Labute approximate surface area is 212 Å². The van der Waals surface area contributed by atoms with Crippen LogP contribution in [0, 0.1) is 0 Å². The average molecular weight is 546 g/mol. The van der Waals surface area contributed by atoms with E-state index in [-0.39, 0.29) is 33.9 Å². The maximum Gasteiger partial charge on any atom is 0.417 e. The molecule has 12 heteroatoms. The van der Waals surface area contributed by atoms with Crippen molar-refractivity contribution in [2.75, 3.05) is 11.2 Å². The number of nitrogens with zero attached hydrogens (tertiary/aromatic N) is 2. The Morgan fingerprint density at radius 1 is 1.14 bits per heavy atom. The van der Waals surface area contributed by atoms with Gasteiger partial charge in [-0.1, -0.05) is 11.6 Å². The van der Waals surface area contributed by atoms with Gasteiger partial charge in [-0.3, -0.25) is 4.79 Å². The molecule has 36 heavy (non-hydrogen) atoms. The van der Waals surface area contributed by atoms with Gasteiger partial charge in [-0.25, -0.2) is 13.4 Å². The first-order valence-corrected chi connectivity index (χ1v) is 13.7. The predicted molar refractivity (Wildman–Crippen MR) is 129 cm³/mol. The van der Waals surface area contributed by atoms with Crippen molar-refractivity contribution in [1.29, 1.82) is 0 Å². The summed E-state index contributed by atoms with van der Waals surface area (Å²) in [5, 5.41) is 2.68. The van der Waals surface area contributed by atoms with Gasteiger partial charge in [0.05, 0.1) is 10.5 Å². The molecule has 7 nitrogen and oxygen atoms in total. The molecule has 1 amide bonds. The van der Waals surface area contributed by atoms with Crippen LogP contribution >= 0.6 is 11.6 Å². The third kappa shape index (κ3) is 5.56. The molecule has 0 radical (unpaired) electrons. The first-order valence-electron chi connectivity index (χ1n) is 11.5. The second-order valence-electron chi connectivity index (χ2n) is 9.82. The van der Waals surface area contributed by atoms with Gasteiger partial charge < -0.3 is 15.0 Å². The number of hydrogen-bond acceptors (Lipinski definition) is 6. The summed E-state index contributed by atoms with van der Waals surface area (Å²) in [6, 6.07) is 7.84. The van der Waals surface area contributed by atoms with Crippen molar-refractivity contribution in [3.8, 4) is 5.88 Å². The number of piperidine rings is 1. The summed E-state index contributed by atoms with van der Waals surface area (Å²) in [7, 11) is -3.27. The van der Waals surface area contributed by atoms with Crippen molar-refractivity contribution in [3.05, 3.63) is 47.1 Å². The summed E-state index contributed by atoms with van der Waals surface area (Å²) in [6.45, 7) is 3.01. The Kier molecular flexibility index (Phi) is 6.93. The Balaban J connectivity index is 1.40. The fourth-order valence-corrected chi connectivity index (χ4v) is 5.72. The Bertz CT molecular complexity index is 1240. The van der Waals surface area contributed by atoms with Gasteiger partial charge in [-0.05, 0) is 69.9 Å². The number of anilines is 1. The second kappa shape index (κ2) is 9.41. The number of alkyl halides is 3. The van der Waals surface area contributed by atoms with Crippen molar-refractivity contribution >= 4 is 33.0 Å². The molecule has 0 saturated carbocycles. The predicted octanol–water partition coefficient (Wildman–Crippen LogP) is 4.63. The second-order valence-corrected chi connectivity index (χ2v) is 12.2. The molecule has 2 aliphatic heterocycles. The molecule has 2 saturated heterocycles. The summed E-state index contributed by atoms with van der Waals surface area (Å²) >= 11 is 5.94. The van der Waals surface area contributed by atoms with Crippen molar-refractivity contribution in [1.82, 2.24) is 10.3 Å². The minimum absolute atomic E-state index is 0.111. The molecule has 196 valence electrons. The van der Waals surface area contributed by atoms with Crippen LogP contribution in [-0.2, 0) is 20.8 Å². The van der Waals surface area contributed by atoms with E-state index >= 15 is 0 Å². The Morgan fingerprint density at radius 2 is 1.72 bits per heavy atom. The summed E-state index contributed by atoms with van der Waals surface area (Å²) in [5.74, 6) is -0.673. The molecule has 0 spiro atoms. The third-order valence-electron chi connectivity index (χ3n) is 6.66. The first-order chi connectivity index (χ1) is 16.6. The number of benzene rings is 1. The van der Waals surface area contributed by atoms with Crippen LogP contribution in [0.1, 0.15) is 45.1 Å². The van der Waals surface area contributed by atoms with E-state index in [1.165, 1.54) is 20.1 Å². The molecule has 2 bridgehead atoms. The van der Waals surface area contributed by atoms with E-state index < -0.39 is 33.1 Å². The lowest BCUT2D eigenvalue weighted by Gasteiger charge is -2.41. The number of aromatic nitrogens is 1. The minimum atomic E-state index is -4.59. The molecule has 0 unspecified atom stereocenters. The molecule has 2 aromatic rings. The molecule has 3 heterocycles. The van der Waals surface area contributed by atoms with E-state index in [0.717, 1.165) is 18.5 Å². The van der Waals surface area contributed by atoms with Crippen LogP contribution in [0.3, 0.4) is 0 Å². The fraction of sp³-hybridized carbons (Fsp3) is 0.500. The number of sulfone groups is 1. The number of halogens is 4. The van der Waals surface area contributed by atoms with Gasteiger partial charge in [-0.2, -0.15) is 13.2 Å². The highest BCUT2D eigenvalue weighted by Crippen LogP contribution is 2.40. The maximum atomic E-state index is 13.0. The monoisotopic (exact) mass is 545 g/mol. The van der Waals surface area contributed by atoms with Crippen molar-refractivity contribution in [2.24, 2.45) is 0 Å². The molecule has 1 aromatic heterocycles. The number of carbonyl (C=O) groups is 1. The van der Waals surface area contributed by atoms with Crippen LogP contribution < -0.4 is 15.0 Å². The number of carbonyl (C=O) groups excluding carboxylic acids is 1. The van der Waals surface area contributed by atoms with Crippen LogP contribution in [0.25, 0.3) is 0 Å². The van der Waals surface area contributed by atoms with Crippen LogP contribution in [0.5, 0.6) is 5.88 Å². The highest BCUT2D eigenvalue weighted by Gasteiger charge is 2.43. The Morgan fingerprint density at radius 3 is 2.22 bits per heavy atom. The van der Waals surface area contributed by atoms with Crippen LogP contribution in [0.4, 0.5) is 18.9 Å². The molecule has 0 aliphatic carbocycles. The number of amides is 1. The number of nitrogens with one attached hydrogen (secondary N) is 1. The SMILES string of the molecule is CC(C)(Oc1ncc(C(F)(F)F)cc1Cl)C(=O)N[C@H]1C[C@H]2CC[C@@H](C1)N2c1ccc(S(C)(=O)=O)cc1. The van der Waals surface area contributed by atoms with E-state index in [9.17, 15) is 26.4 Å². The first kappa shape index (κ1) is 26.5. The average Bonchev–Trinajstić information content (AvgIpc) is 3.04. The van der Waals surface area contributed by atoms with Gasteiger partial charge in [0.25, 0.3) is 5.91 Å². The molecule has 2 aliphatic rings. The number of hydrogen-bond donors (Lipinski definition) is 1. The molecule has 1 N–H and O–H groups in total. The largest absolute Gasteiger partial charge is 0.460 e. The van der Waals surface area contributed by atoms with Crippen molar-refractivity contribution in [3.63, 3.8) is 0 Å². The minimum Gasteiger partial charge on any atom is -0.460 e. The number of ether oxygens (including phenoxy) is 1. The van der Waals surface area contributed by atoms with E-state index in [4.69, 9.17) is 16.3 Å². The summed E-state index contributed by atoms with van der Waals surface area (Å²) < 4.78 is 67.7. The van der Waals surface area contributed by atoms with Crippen LogP contribution in [-0.4, -0.2) is 49.3 Å². The maximum absolute atomic E-state index is 13.0. The zero-order valence-electron chi connectivity index (χ0n) is 20.0. The number of rotatable bonds is 6. The zero-order valence-corrected chi connectivity index (χ0v) is 21.5. The quantitative estimate of drug-likeness (QED) is 0.569. The molecule has 4 rings (SSSR count). The highest BCUT2D eigenvalue weighted by molar-refractivity contribution is 7.90. The lowest BCUT2D eigenvalue weighted by atomic mass is 9.95. The normalized spacial score (nSPS) is 22.4. The van der Waals surface area contributed by atoms with E-state index in [2.05, 4.69) is 15.2 Å². The lowest BCUT2D eigenvalue weighted by Crippen LogP contribution is -2.55. The van der Waals surface area contributed by atoms with Gasteiger partial charge in [0.15, 0.2) is 15.4 Å². The molecule has 1 aromatic carbocycles. The van der Waals surface area contributed by atoms with Gasteiger partial charge >= 0.3 is 6.18 Å². The lowest BCUT2D eigenvalue weighted by molar-refractivity contribution is -0.138. The third-order valence-corrected chi connectivity index (χ3v) is 8.06. The molecule has 3 atom stereocenters. The number of fused-ring (bicyclic) bond motifs is 2. The zero-order chi connectivity index (χ0) is 26.5. The summed E-state index contributed by atoms with van der Waals surface area (Å²) in [6.07, 6.45) is 0.506. The Hall–Kier alpha value is -2.53. The fourth-order valence-electron chi connectivity index (χ4n) is 4.88. The van der Waals surface area contributed by atoms with E-state index in [0.29, 0.717) is 25.1 Å². The van der Waals surface area contributed by atoms with E-state index in [1.807, 2.05) is 12.1 Å². The molecule has 2 fully saturated rings. The smallest absolute Gasteiger partial charge is 0.417 e. The van der Waals surface area contributed by atoms with Gasteiger partial charge in [0.2, 0.25) is 5.88 Å². The molecular weight excluding hydrogens is 519 g/mol. The number of pyridine rings is 1. The van der Waals surface area contributed by atoms with Crippen LogP contribution in [0.2, 0.25) is 5.02 Å². The molecular formula is C24H27ClF3N3O4S. The standard InChI is InChI=1S/C24H27ClF3N3O4S/c1-23(2,35-21-20(25)10-14(13-29-21)24(26,27)28)22(32)30-15-11-17-4-5-18(12-15)31(17)16-6-8-19(9-7-16)36(3,33)34/h6-10,13,15,17-18H,4-5,11-12H2,1-3H3,(H,30,32)/t15-,17+,18-. The summed E-state index contributed by atoms with van der Waals surface area (Å²) in [5.41, 5.74) is -1.48.